The van der Waals surface area contributed by atoms with Gasteiger partial charge in [0.15, 0.2) is 0 Å². The standard InChI is InChI=1S/C20H13F2N5O4S/c21-11-3-4-14(13(22)8-11)23-16(28)10-26-20(30)27-15-5-7-32-17(15)18(29)25(19(27)24-26)9-12-2-1-6-31-12/h1-8H,9-10H2,(H,23,28). The van der Waals surface area contributed by atoms with Crippen molar-refractivity contribution < 1.29 is 18.0 Å². The number of rotatable bonds is 5. The third-order valence-corrected chi connectivity index (χ3v) is 5.67. The molecule has 5 rings (SSSR count). The fraction of sp³-hybridized carbons (Fsp3) is 0.100. The number of nitrogens with one attached hydrogen (secondary N) is 1. The summed E-state index contributed by atoms with van der Waals surface area (Å²) in [6.45, 7) is -0.509. The maximum absolute atomic E-state index is 13.8. The molecule has 1 aromatic carbocycles. The number of carbonyl (C=O) groups is 1. The zero-order chi connectivity index (χ0) is 22.4. The molecule has 1 N–H and O–H groups in total. The molecule has 0 spiro atoms. The predicted molar refractivity (Wildman–Crippen MR) is 112 cm³/mol. The number of furan rings is 1. The number of amides is 1. The van der Waals surface area contributed by atoms with Crippen LogP contribution in [0, 0.1) is 11.6 Å². The van der Waals surface area contributed by atoms with E-state index in [1.807, 2.05) is 0 Å². The summed E-state index contributed by atoms with van der Waals surface area (Å²) in [7, 11) is 0. The highest BCUT2D eigenvalue weighted by Gasteiger charge is 2.20. The molecule has 1 amide bonds. The van der Waals surface area contributed by atoms with E-state index in [-0.39, 0.29) is 23.6 Å². The Balaban J connectivity index is 1.57. The van der Waals surface area contributed by atoms with Crippen molar-refractivity contribution in [1.82, 2.24) is 18.7 Å². The first kappa shape index (κ1) is 19.9. The quantitative estimate of drug-likeness (QED) is 0.437. The first-order valence-corrected chi connectivity index (χ1v) is 10.2. The third-order valence-electron chi connectivity index (χ3n) is 4.78. The van der Waals surface area contributed by atoms with Gasteiger partial charge in [-0.15, -0.1) is 16.4 Å². The minimum absolute atomic E-state index is 0.0306. The Bertz CT molecular complexity index is 1600. The molecule has 4 heterocycles. The second kappa shape index (κ2) is 7.57. The highest BCUT2D eigenvalue weighted by molar-refractivity contribution is 7.17. The lowest BCUT2D eigenvalue weighted by Crippen LogP contribution is -2.29. The number of thiophene rings is 1. The van der Waals surface area contributed by atoms with Crippen LogP contribution in [0.1, 0.15) is 5.76 Å². The molecule has 0 aliphatic carbocycles. The Morgan fingerprint density at radius 1 is 1.19 bits per heavy atom. The van der Waals surface area contributed by atoms with Crippen LogP contribution in [0.5, 0.6) is 0 Å². The molecule has 32 heavy (non-hydrogen) atoms. The van der Waals surface area contributed by atoms with Gasteiger partial charge in [-0.05, 0) is 35.7 Å². The Morgan fingerprint density at radius 3 is 2.78 bits per heavy atom. The van der Waals surface area contributed by atoms with E-state index < -0.39 is 29.8 Å². The second-order valence-electron chi connectivity index (χ2n) is 6.85. The van der Waals surface area contributed by atoms with Crippen LogP contribution >= 0.6 is 11.3 Å². The summed E-state index contributed by atoms with van der Waals surface area (Å²) >= 11 is 1.18. The summed E-state index contributed by atoms with van der Waals surface area (Å²) in [4.78, 5) is 38.4. The van der Waals surface area contributed by atoms with E-state index >= 15 is 0 Å². The van der Waals surface area contributed by atoms with Crippen LogP contribution in [-0.4, -0.2) is 24.7 Å². The minimum Gasteiger partial charge on any atom is -0.467 e. The molecule has 0 bridgehead atoms. The number of fused-ring (bicyclic) bond motifs is 3. The monoisotopic (exact) mass is 457 g/mol. The van der Waals surface area contributed by atoms with Crippen molar-refractivity contribution in [3.8, 4) is 0 Å². The van der Waals surface area contributed by atoms with Crippen LogP contribution in [0.25, 0.3) is 16.0 Å². The van der Waals surface area contributed by atoms with E-state index in [1.165, 1.54) is 26.6 Å². The number of hydrogen-bond donors (Lipinski definition) is 1. The summed E-state index contributed by atoms with van der Waals surface area (Å²) in [6, 6.07) is 7.67. The SMILES string of the molecule is O=C(Cn1nc2n(Cc3ccco3)c(=O)c3sccc3n2c1=O)Nc1ccc(F)cc1F. The smallest absolute Gasteiger partial charge is 0.352 e. The third kappa shape index (κ3) is 3.30. The summed E-state index contributed by atoms with van der Waals surface area (Å²) in [6.07, 6.45) is 1.46. The molecule has 0 saturated carbocycles. The van der Waals surface area contributed by atoms with Gasteiger partial charge in [-0.2, -0.15) is 0 Å². The first-order valence-electron chi connectivity index (χ1n) is 9.29. The summed E-state index contributed by atoms with van der Waals surface area (Å²) in [5, 5.41) is 8.14. The van der Waals surface area contributed by atoms with Crippen LogP contribution in [0.4, 0.5) is 14.5 Å². The average molecular weight is 457 g/mol. The lowest BCUT2D eigenvalue weighted by atomic mass is 10.3. The Labute approximate surface area is 180 Å². The van der Waals surface area contributed by atoms with Gasteiger partial charge in [0.2, 0.25) is 11.7 Å². The molecule has 0 aliphatic rings. The zero-order valence-electron chi connectivity index (χ0n) is 16.1. The van der Waals surface area contributed by atoms with Crippen LogP contribution in [0.3, 0.4) is 0 Å². The number of hydrogen-bond acceptors (Lipinski definition) is 6. The molecular formula is C20H13F2N5O4S. The largest absolute Gasteiger partial charge is 0.467 e. The first-order chi connectivity index (χ1) is 15.4. The van der Waals surface area contributed by atoms with Gasteiger partial charge in [0.1, 0.15) is 28.6 Å². The molecule has 0 unspecified atom stereocenters. The summed E-state index contributed by atoms with van der Waals surface area (Å²) < 4.78 is 36.0. The van der Waals surface area contributed by atoms with Crippen molar-refractivity contribution in [2.45, 2.75) is 13.1 Å². The van der Waals surface area contributed by atoms with E-state index in [1.54, 1.807) is 23.6 Å². The molecule has 0 atom stereocenters. The van der Waals surface area contributed by atoms with E-state index in [4.69, 9.17) is 4.42 Å². The maximum Gasteiger partial charge on any atom is 0.352 e. The van der Waals surface area contributed by atoms with Crippen molar-refractivity contribution in [3.63, 3.8) is 0 Å². The van der Waals surface area contributed by atoms with Gasteiger partial charge in [-0.25, -0.2) is 22.7 Å². The van der Waals surface area contributed by atoms with Crippen molar-refractivity contribution in [2.75, 3.05) is 5.32 Å². The van der Waals surface area contributed by atoms with Gasteiger partial charge >= 0.3 is 5.69 Å². The predicted octanol–water partition coefficient (Wildman–Crippen LogP) is 2.43. The van der Waals surface area contributed by atoms with E-state index in [9.17, 15) is 23.2 Å². The van der Waals surface area contributed by atoms with Crippen LogP contribution in [0.2, 0.25) is 0 Å². The molecule has 0 aliphatic heterocycles. The van der Waals surface area contributed by atoms with Gasteiger partial charge in [0.05, 0.1) is 24.0 Å². The number of nitrogens with zero attached hydrogens (tertiary/aromatic N) is 4. The van der Waals surface area contributed by atoms with E-state index in [0.717, 1.165) is 16.8 Å². The topological polar surface area (TPSA) is 104 Å². The second-order valence-corrected chi connectivity index (χ2v) is 7.77. The van der Waals surface area contributed by atoms with E-state index in [2.05, 4.69) is 10.4 Å². The Morgan fingerprint density at radius 2 is 2.03 bits per heavy atom. The van der Waals surface area contributed by atoms with Crippen molar-refractivity contribution in [3.05, 3.63) is 86.3 Å². The number of aromatic nitrogens is 4. The van der Waals surface area contributed by atoms with Crippen LogP contribution in [0.15, 0.2) is 62.0 Å². The molecule has 0 fully saturated rings. The Kier molecular flexibility index (Phi) is 4.70. The number of halogens is 2. The molecule has 4 aromatic heterocycles. The molecule has 0 saturated heterocycles. The highest BCUT2D eigenvalue weighted by atomic mass is 32.1. The normalized spacial score (nSPS) is 11.4. The van der Waals surface area contributed by atoms with E-state index in [0.29, 0.717) is 22.0 Å². The lowest BCUT2D eigenvalue weighted by molar-refractivity contribution is -0.117. The molecule has 5 aromatic rings. The van der Waals surface area contributed by atoms with Crippen molar-refractivity contribution >= 4 is 38.9 Å². The number of benzene rings is 1. The molecule has 9 nitrogen and oxygen atoms in total. The lowest BCUT2D eigenvalue weighted by Gasteiger charge is -2.06. The van der Waals surface area contributed by atoms with Crippen LogP contribution in [-0.2, 0) is 17.9 Å². The average Bonchev–Trinajstić information content (AvgIpc) is 3.49. The van der Waals surface area contributed by atoms with Gasteiger partial charge in [0.25, 0.3) is 5.56 Å². The molecular weight excluding hydrogens is 444 g/mol. The molecule has 0 radical (unpaired) electrons. The maximum atomic E-state index is 13.8. The summed E-state index contributed by atoms with van der Waals surface area (Å²) in [5.74, 6) is -1.97. The number of anilines is 1. The molecule has 12 heteroatoms. The van der Waals surface area contributed by atoms with Crippen molar-refractivity contribution in [2.24, 2.45) is 0 Å². The van der Waals surface area contributed by atoms with Gasteiger partial charge in [0, 0.05) is 6.07 Å². The van der Waals surface area contributed by atoms with Crippen LogP contribution < -0.4 is 16.6 Å². The van der Waals surface area contributed by atoms with Crippen molar-refractivity contribution in [1.29, 1.82) is 0 Å². The van der Waals surface area contributed by atoms with Gasteiger partial charge in [-0.3, -0.25) is 14.2 Å². The van der Waals surface area contributed by atoms with Gasteiger partial charge < -0.3 is 9.73 Å². The molecule has 162 valence electrons. The Hall–Kier alpha value is -4.06. The van der Waals surface area contributed by atoms with Gasteiger partial charge in [-0.1, -0.05) is 0 Å². The fourth-order valence-corrected chi connectivity index (χ4v) is 4.18. The number of carbonyl (C=O) groups excluding carboxylic acids is 1. The minimum atomic E-state index is -0.951. The zero-order valence-corrected chi connectivity index (χ0v) is 16.9. The highest BCUT2D eigenvalue weighted by Crippen LogP contribution is 2.18. The summed E-state index contributed by atoms with van der Waals surface area (Å²) in [5.41, 5.74) is -0.865. The fourth-order valence-electron chi connectivity index (χ4n) is 3.35.